The molecule has 2 rings (SSSR count). The highest BCUT2D eigenvalue weighted by Gasteiger charge is 2.28. The molecule has 0 aromatic heterocycles. The van der Waals surface area contributed by atoms with E-state index >= 15 is 0 Å². The molecule has 0 radical (unpaired) electrons. The summed E-state index contributed by atoms with van der Waals surface area (Å²) in [6, 6.07) is 9.90. The second-order valence-corrected chi connectivity index (χ2v) is 3.92. The quantitative estimate of drug-likeness (QED) is 0.845. The number of aliphatic hydroxyl groups is 1. The van der Waals surface area contributed by atoms with Crippen LogP contribution < -0.4 is 0 Å². The van der Waals surface area contributed by atoms with Crippen molar-refractivity contribution in [1.82, 2.24) is 0 Å². The summed E-state index contributed by atoms with van der Waals surface area (Å²) in [4.78, 5) is 0. The predicted molar refractivity (Wildman–Crippen MR) is 60.7 cm³/mol. The Labute approximate surface area is 95.3 Å². The zero-order chi connectivity index (χ0) is 11.4. The van der Waals surface area contributed by atoms with E-state index in [0.29, 0.717) is 6.61 Å². The molecule has 86 valence electrons. The van der Waals surface area contributed by atoms with Gasteiger partial charge in [0.15, 0.2) is 0 Å². The van der Waals surface area contributed by atoms with Crippen molar-refractivity contribution >= 4 is 0 Å². The van der Waals surface area contributed by atoms with Crippen molar-refractivity contribution in [3.05, 3.63) is 48.2 Å². The number of ether oxygens (including phenoxy) is 2. The van der Waals surface area contributed by atoms with Crippen molar-refractivity contribution in [1.29, 1.82) is 0 Å². The van der Waals surface area contributed by atoms with Crippen LogP contribution in [0, 0.1) is 0 Å². The Morgan fingerprint density at radius 2 is 2.06 bits per heavy atom. The smallest absolute Gasteiger partial charge is 0.124 e. The van der Waals surface area contributed by atoms with Gasteiger partial charge in [-0.2, -0.15) is 0 Å². The number of benzene rings is 1. The van der Waals surface area contributed by atoms with E-state index in [9.17, 15) is 5.11 Å². The van der Waals surface area contributed by atoms with E-state index in [1.54, 1.807) is 6.08 Å². The highest BCUT2D eigenvalue weighted by atomic mass is 16.5. The summed E-state index contributed by atoms with van der Waals surface area (Å²) in [5.41, 5.74) is 1.09. The highest BCUT2D eigenvalue weighted by Crippen LogP contribution is 2.17. The predicted octanol–water partition coefficient (Wildman–Crippen LogP) is 1.87. The molecule has 1 N–H and O–H groups in total. The number of rotatable bonds is 3. The standard InChI is InChI=1S/C13H16O3/c1-10-13(12(14)7-8-15-10)16-9-11-5-3-2-4-6-11/h2-8,10,12-14H,9H2,1H3/t10-,12-,13+/m1/s1. The molecule has 1 aromatic carbocycles. The van der Waals surface area contributed by atoms with Gasteiger partial charge in [-0.3, -0.25) is 0 Å². The molecule has 1 aromatic rings. The number of hydrogen-bond donors (Lipinski definition) is 1. The molecular formula is C13H16O3. The summed E-state index contributed by atoms with van der Waals surface area (Å²) < 4.78 is 11.0. The summed E-state index contributed by atoms with van der Waals surface area (Å²) in [7, 11) is 0. The van der Waals surface area contributed by atoms with Crippen LogP contribution >= 0.6 is 0 Å². The molecule has 0 saturated heterocycles. The maximum atomic E-state index is 9.73. The average molecular weight is 220 g/mol. The largest absolute Gasteiger partial charge is 0.496 e. The summed E-state index contributed by atoms with van der Waals surface area (Å²) >= 11 is 0. The van der Waals surface area contributed by atoms with Gasteiger partial charge in [0.05, 0.1) is 12.9 Å². The van der Waals surface area contributed by atoms with Crippen molar-refractivity contribution in [2.24, 2.45) is 0 Å². The van der Waals surface area contributed by atoms with E-state index in [0.717, 1.165) is 5.56 Å². The minimum atomic E-state index is -0.590. The van der Waals surface area contributed by atoms with Crippen LogP contribution in [-0.2, 0) is 16.1 Å². The SMILES string of the molecule is C[C@H]1OC=C[C@@H](O)[C@H]1OCc1ccccc1. The first-order valence-electron chi connectivity index (χ1n) is 5.43. The van der Waals surface area contributed by atoms with E-state index in [4.69, 9.17) is 9.47 Å². The zero-order valence-corrected chi connectivity index (χ0v) is 9.24. The van der Waals surface area contributed by atoms with Crippen molar-refractivity contribution < 1.29 is 14.6 Å². The first kappa shape index (κ1) is 11.2. The van der Waals surface area contributed by atoms with Gasteiger partial charge >= 0.3 is 0 Å². The van der Waals surface area contributed by atoms with Gasteiger partial charge < -0.3 is 14.6 Å². The van der Waals surface area contributed by atoms with Gasteiger partial charge in [0.2, 0.25) is 0 Å². The Morgan fingerprint density at radius 3 is 2.75 bits per heavy atom. The van der Waals surface area contributed by atoms with E-state index in [2.05, 4.69) is 0 Å². The maximum absolute atomic E-state index is 9.73. The van der Waals surface area contributed by atoms with Crippen LogP contribution in [0.5, 0.6) is 0 Å². The monoisotopic (exact) mass is 220 g/mol. The normalized spacial score (nSPS) is 28.8. The third-order valence-corrected chi connectivity index (χ3v) is 2.65. The van der Waals surface area contributed by atoms with Gasteiger partial charge in [0, 0.05) is 0 Å². The first-order valence-corrected chi connectivity index (χ1v) is 5.43. The molecule has 1 aliphatic heterocycles. The molecule has 1 aliphatic rings. The van der Waals surface area contributed by atoms with Crippen molar-refractivity contribution in [3.8, 4) is 0 Å². The summed E-state index contributed by atoms with van der Waals surface area (Å²) in [6.45, 7) is 2.38. The third kappa shape index (κ3) is 2.62. The fourth-order valence-electron chi connectivity index (χ4n) is 1.72. The topological polar surface area (TPSA) is 38.7 Å². The van der Waals surface area contributed by atoms with Gasteiger partial charge in [0.1, 0.15) is 18.3 Å². The van der Waals surface area contributed by atoms with E-state index < -0.39 is 6.10 Å². The molecule has 0 bridgehead atoms. The van der Waals surface area contributed by atoms with Gasteiger partial charge in [-0.05, 0) is 18.6 Å². The summed E-state index contributed by atoms with van der Waals surface area (Å²) in [6.07, 6.45) is 2.12. The average Bonchev–Trinajstić information content (AvgIpc) is 2.30. The molecule has 0 spiro atoms. The highest BCUT2D eigenvalue weighted by molar-refractivity contribution is 5.13. The number of aliphatic hydroxyl groups excluding tert-OH is 1. The fraction of sp³-hybridized carbons (Fsp3) is 0.385. The molecule has 16 heavy (non-hydrogen) atoms. The zero-order valence-electron chi connectivity index (χ0n) is 9.24. The van der Waals surface area contributed by atoms with Crippen LogP contribution in [0.15, 0.2) is 42.7 Å². The van der Waals surface area contributed by atoms with Crippen molar-refractivity contribution in [3.63, 3.8) is 0 Å². The van der Waals surface area contributed by atoms with E-state index in [1.807, 2.05) is 37.3 Å². The third-order valence-electron chi connectivity index (χ3n) is 2.65. The minimum Gasteiger partial charge on any atom is -0.496 e. The molecule has 0 amide bonds. The molecule has 0 saturated carbocycles. The van der Waals surface area contributed by atoms with Crippen LogP contribution in [0.3, 0.4) is 0 Å². The molecule has 3 nitrogen and oxygen atoms in total. The molecule has 3 heteroatoms. The number of hydrogen-bond acceptors (Lipinski definition) is 3. The van der Waals surface area contributed by atoms with Crippen LogP contribution in [-0.4, -0.2) is 23.4 Å². The fourth-order valence-corrected chi connectivity index (χ4v) is 1.72. The lowest BCUT2D eigenvalue weighted by Crippen LogP contribution is -2.40. The Morgan fingerprint density at radius 1 is 1.31 bits per heavy atom. The first-order chi connectivity index (χ1) is 7.77. The molecule has 1 heterocycles. The van der Waals surface area contributed by atoms with Gasteiger partial charge in [-0.15, -0.1) is 0 Å². The molecule has 3 atom stereocenters. The maximum Gasteiger partial charge on any atom is 0.124 e. The lowest BCUT2D eigenvalue weighted by molar-refractivity contribution is -0.102. The van der Waals surface area contributed by atoms with Crippen LogP contribution in [0.1, 0.15) is 12.5 Å². The van der Waals surface area contributed by atoms with Crippen molar-refractivity contribution in [2.75, 3.05) is 0 Å². The second kappa shape index (κ2) is 5.14. The Hall–Kier alpha value is -1.32. The molecule has 0 fully saturated rings. The van der Waals surface area contributed by atoms with Crippen LogP contribution in [0.25, 0.3) is 0 Å². The summed E-state index contributed by atoms with van der Waals surface area (Å²) in [5.74, 6) is 0. The van der Waals surface area contributed by atoms with Crippen LogP contribution in [0.4, 0.5) is 0 Å². The minimum absolute atomic E-state index is 0.122. The second-order valence-electron chi connectivity index (χ2n) is 3.92. The Bertz CT molecular complexity index is 347. The molecular weight excluding hydrogens is 204 g/mol. The lowest BCUT2D eigenvalue weighted by atomic mass is 10.1. The van der Waals surface area contributed by atoms with E-state index in [1.165, 1.54) is 6.26 Å². The van der Waals surface area contributed by atoms with Crippen molar-refractivity contribution in [2.45, 2.75) is 31.8 Å². The lowest BCUT2D eigenvalue weighted by Gasteiger charge is -2.29. The van der Waals surface area contributed by atoms with Crippen LogP contribution in [0.2, 0.25) is 0 Å². The van der Waals surface area contributed by atoms with Gasteiger partial charge in [-0.1, -0.05) is 30.3 Å². The Balaban J connectivity index is 1.92. The molecule has 0 aliphatic carbocycles. The van der Waals surface area contributed by atoms with Gasteiger partial charge in [-0.25, -0.2) is 0 Å². The Kier molecular flexibility index (Phi) is 3.59. The molecule has 0 unspecified atom stereocenters. The van der Waals surface area contributed by atoms with Gasteiger partial charge in [0.25, 0.3) is 0 Å². The summed E-state index contributed by atoms with van der Waals surface area (Å²) in [5, 5.41) is 9.73. The van der Waals surface area contributed by atoms with E-state index in [-0.39, 0.29) is 12.2 Å².